The molecule has 1 heterocycles. The molecule has 0 bridgehead atoms. The van der Waals surface area contributed by atoms with Crippen LogP contribution in [0.2, 0.25) is 0 Å². The summed E-state index contributed by atoms with van der Waals surface area (Å²) in [5, 5.41) is 21.3. The standard InChI is InChI=1S/C17H18N2O6/c1-17(2,3)18-9-10(5-8-13(18)20)15(21)11-6-7-12(25-4)14(16(11)22)19(23)24/h5-9,22H,1-4H3. The van der Waals surface area contributed by atoms with Crippen molar-refractivity contribution in [3.8, 4) is 11.5 Å². The lowest BCUT2D eigenvalue weighted by molar-refractivity contribution is -0.386. The van der Waals surface area contributed by atoms with Gasteiger partial charge in [0.05, 0.1) is 17.6 Å². The molecule has 0 aliphatic carbocycles. The fourth-order valence-electron chi connectivity index (χ4n) is 2.39. The molecule has 0 atom stereocenters. The molecule has 8 heteroatoms. The zero-order chi connectivity index (χ0) is 18.9. The number of hydrogen-bond acceptors (Lipinski definition) is 6. The third-order valence-corrected chi connectivity index (χ3v) is 3.66. The summed E-state index contributed by atoms with van der Waals surface area (Å²) < 4.78 is 6.23. The number of hydrogen-bond donors (Lipinski definition) is 1. The summed E-state index contributed by atoms with van der Waals surface area (Å²) >= 11 is 0. The molecule has 8 nitrogen and oxygen atoms in total. The molecule has 25 heavy (non-hydrogen) atoms. The number of ether oxygens (including phenoxy) is 1. The fraction of sp³-hybridized carbons (Fsp3) is 0.294. The maximum absolute atomic E-state index is 12.7. The van der Waals surface area contributed by atoms with Crippen LogP contribution in [-0.4, -0.2) is 27.5 Å². The van der Waals surface area contributed by atoms with E-state index in [9.17, 15) is 24.8 Å². The van der Waals surface area contributed by atoms with Crippen molar-refractivity contribution in [3.63, 3.8) is 0 Å². The molecular weight excluding hydrogens is 328 g/mol. The number of nitro groups is 1. The Hall–Kier alpha value is -3.16. The van der Waals surface area contributed by atoms with Gasteiger partial charge in [0.1, 0.15) is 0 Å². The lowest BCUT2D eigenvalue weighted by Gasteiger charge is -2.22. The average Bonchev–Trinajstić information content (AvgIpc) is 2.52. The lowest BCUT2D eigenvalue weighted by Crippen LogP contribution is -2.33. The van der Waals surface area contributed by atoms with Crippen LogP contribution in [0.25, 0.3) is 0 Å². The second-order valence-corrected chi connectivity index (χ2v) is 6.40. The first-order valence-corrected chi connectivity index (χ1v) is 7.40. The Morgan fingerprint density at radius 2 is 1.88 bits per heavy atom. The lowest BCUT2D eigenvalue weighted by atomic mass is 10.0. The van der Waals surface area contributed by atoms with Gasteiger partial charge in [-0.05, 0) is 39.0 Å². The number of aromatic hydroxyl groups is 1. The molecule has 0 saturated heterocycles. The second-order valence-electron chi connectivity index (χ2n) is 6.40. The number of carbonyl (C=O) groups is 1. The number of ketones is 1. The van der Waals surface area contributed by atoms with E-state index in [-0.39, 0.29) is 22.4 Å². The van der Waals surface area contributed by atoms with Crippen LogP contribution in [0, 0.1) is 10.1 Å². The van der Waals surface area contributed by atoms with Crippen LogP contribution < -0.4 is 10.3 Å². The summed E-state index contributed by atoms with van der Waals surface area (Å²) in [6, 6.07) is 5.05. The number of phenolic OH excluding ortho intramolecular Hbond substituents is 1. The van der Waals surface area contributed by atoms with Gasteiger partial charge in [0.25, 0.3) is 5.56 Å². The van der Waals surface area contributed by atoms with E-state index in [0.29, 0.717) is 0 Å². The van der Waals surface area contributed by atoms with Crippen molar-refractivity contribution in [2.24, 2.45) is 0 Å². The summed E-state index contributed by atoms with van der Waals surface area (Å²) in [7, 11) is 1.22. The quantitative estimate of drug-likeness (QED) is 0.517. The maximum atomic E-state index is 12.7. The van der Waals surface area contributed by atoms with Crippen molar-refractivity contribution in [1.82, 2.24) is 4.57 Å². The molecule has 0 unspecified atom stereocenters. The van der Waals surface area contributed by atoms with Crippen LogP contribution in [0.15, 0.2) is 35.3 Å². The van der Waals surface area contributed by atoms with Gasteiger partial charge in [0.15, 0.2) is 5.78 Å². The van der Waals surface area contributed by atoms with Crippen molar-refractivity contribution in [2.75, 3.05) is 7.11 Å². The van der Waals surface area contributed by atoms with Crippen LogP contribution in [0.1, 0.15) is 36.7 Å². The summed E-state index contributed by atoms with van der Waals surface area (Å²) in [4.78, 5) is 35.0. The number of aromatic nitrogens is 1. The average molecular weight is 346 g/mol. The third kappa shape index (κ3) is 3.37. The van der Waals surface area contributed by atoms with E-state index >= 15 is 0 Å². The first-order chi connectivity index (χ1) is 11.6. The van der Waals surface area contributed by atoms with Crippen LogP contribution in [0.3, 0.4) is 0 Å². The number of methoxy groups -OCH3 is 1. The number of benzene rings is 1. The summed E-state index contributed by atoms with van der Waals surface area (Å²) in [6.07, 6.45) is 1.38. The highest BCUT2D eigenvalue weighted by Crippen LogP contribution is 2.39. The topological polar surface area (TPSA) is 112 Å². The molecule has 2 rings (SSSR count). The first kappa shape index (κ1) is 18.2. The molecule has 0 aliphatic rings. The molecule has 0 aliphatic heterocycles. The fourth-order valence-corrected chi connectivity index (χ4v) is 2.39. The predicted octanol–water partition coefficient (Wildman–Crippen LogP) is 2.46. The molecule has 1 N–H and O–H groups in total. The highest BCUT2D eigenvalue weighted by Gasteiger charge is 2.28. The summed E-state index contributed by atoms with van der Waals surface area (Å²) in [6.45, 7) is 5.41. The third-order valence-electron chi connectivity index (χ3n) is 3.66. The van der Waals surface area contributed by atoms with E-state index in [0.717, 1.165) is 0 Å². The Balaban J connectivity index is 2.62. The van der Waals surface area contributed by atoms with Crippen LogP contribution >= 0.6 is 0 Å². The zero-order valence-corrected chi connectivity index (χ0v) is 14.3. The van der Waals surface area contributed by atoms with E-state index in [4.69, 9.17) is 4.74 Å². The minimum atomic E-state index is -0.818. The van der Waals surface area contributed by atoms with Gasteiger partial charge < -0.3 is 14.4 Å². The Morgan fingerprint density at radius 3 is 2.40 bits per heavy atom. The van der Waals surface area contributed by atoms with E-state index in [1.165, 1.54) is 42.1 Å². The van der Waals surface area contributed by atoms with Gasteiger partial charge in [-0.2, -0.15) is 0 Å². The molecule has 0 radical (unpaired) electrons. The van der Waals surface area contributed by atoms with Crippen molar-refractivity contribution >= 4 is 11.5 Å². The number of phenols is 1. The number of rotatable bonds is 4. The van der Waals surface area contributed by atoms with Gasteiger partial charge in [-0.25, -0.2) is 0 Å². The van der Waals surface area contributed by atoms with Crippen molar-refractivity contribution in [2.45, 2.75) is 26.3 Å². The molecular formula is C17H18N2O6. The van der Waals surface area contributed by atoms with Gasteiger partial charge in [0.2, 0.25) is 11.5 Å². The Labute approximate surface area is 143 Å². The van der Waals surface area contributed by atoms with Gasteiger partial charge in [-0.3, -0.25) is 19.7 Å². The van der Waals surface area contributed by atoms with Gasteiger partial charge in [-0.1, -0.05) is 0 Å². The number of pyridine rings is 1. The smallest absolute Gasteiger partial charge is 0.352 e. The minimum Gasteiger partial charge on any atom is -0.501 e. The van der Waals surface area contributed by atoms with Crippen LogP contribution in [0.5, 0.6) is 11.5 Å². The molecule has 1 aromatic heterocycles. The van der Waals surface area contributed by atoms with Crippen molar-refractivity contribution < 1.29 is 19.6 Å². The van der Waals surface area contributed by atoms with E-state index in [1.54, 1.807) is 20.8 Å². The van der Waals surface area contributed by atoms with Crippen molar-refractivity contribution in [3.05, 3.63) is 62.1 Å². The molecule has 0 fully saturated rings. The molecule has 0 amide bonds. The van der Waals surface area contributed by atoms with Gasteiger partial charge in [-0.15, -0.1) is 0 Å². The summed E-state index contributed by atoms with van der Waals surface area (Å²) in [5.74, 6) is -1.57. The summed E-state index contributed by atoms with van der Waals surface area (Å²) in [5.41, 5.74) is -1.64. The highest BCUT2D eigenvalue weighted by atomic mass is 16.6. The minimum absolute atomic E-state index is 0.129. The molecule has 0 spiro atoms. The van der Waals surface area contributed by atoms with E-state index in [2.05, 4.69) is 0 Å². The first-order valence-electron chi connectivity index (χ1n) is 7.40. The van der Waals surface area contributed by atoms with E-state index in [1.807, 2.05) is 0 Å². The Kier molecular flexibility index (Phi) is 4.64. The van der Waals surface area contributed by atoms with Crippen LogP contribution in [-0.2, 0) is 5.54 Å². The predicted molar refractivity (Wildman–Crippen MR) is 90.4 cm³/mol. The molecule has 1 aromatic carbocycles. The second kappa shape index (κ2) is 6.39. The monoisotopic (exact) mass is 346 g/mol. The Bertz CT molecular complexity index is 908. The molecule has 0 saturated carbocycles. The number of nitrogens with zero attached hydrogens (tertiary/aromatic N) is 2. The normalized spacial score (nSPS) is 11.2. The van der Waals surface area contributed by atoms with Crippen molar-refractivity contribution in [1.29, 1.82) is 0 Å². The SMILES string of the molecule is COc1ccc(C(=O)c2ccc(=O)n(C(C)(C)C)c2)c(O)c1[N+](=O)[O-]. The number of carbonyl (C=O) groups excluding carboxylic acids is 1. The van der Waals surface area contributed by atoms with E-state index < -0.39 is 27.7 Å². The highest BCUT2D eigenvalue weighted by molar-refractivity contribution is 6.11. The van der Waals surface area contributed by atoms with Crippen LogP contribution in [0.4, 0.5) is 5.69 Å². The molecule has 2 aromatic rings. The van der Waals surface area contributed by atoms with Gasteiger partial charge >= 0.3 is 5.69 Å². The van der Waals surface area contributed by atoms with Gasteiger partial charge in [0, 0.05) is 23.4 Å². The Morgan fingerprint density at radius 1 is 1.24 bits per heavy atom. The maximum Gasteiger partial charge on any atom is 0.352 e. The number of nitro benzene ring substituents is 1. The largest absolute Gasteiger partial charge is 0.501 e. The molecule has 132 valence electrons. The zero-order valence-electron chi connectivity index (χ0n) is 14.3.